The van der Waals surface area contributed by atoms with E-state index in [1.54, 1.807) is 12.1 Å². The van der Waals surface area contributed by atoms with E-state index in [1.807, 2.05) is 6.92 Å². The Hall–Kier alpha value is -2.85. The molecule has 0 fully saturated rings. The smallest absolute Gasteiger partial charge is 0.269 e. The second-order valence-electron chi connectivity index (χ2n) is 7.68. The number of anilines is 1. The third kappa shape index (κ3) is 6.24. The lowest BCUT2D eigenvalue weighted by atomic mass is 10.0. The van der Waals surface area contributed by atoms with Crippen LogP contribution in [-0.2, 0) is 14.8 Å². The van der Waals surface area contributed by atoms with E-state index in [9.17, 15) is 23.3 Å². The molecule has 184 valence electrons. The van der Waals surface area contributed by atoms with Crippen molar-refractivity contribution in [2.24, 2.45) is 0 Å². The normalized spacial score (nSPS) is 12.1. The van der Waals surface area contributed by atoms with Crippen molar-refractivity contribution in [2.75, 3.05) is 12.4 Å². The quantitative estimate of drug-likeness (QED) is 0.199. The first kappa shape index (κ1) is 26.7. The number of carbonyl (C=O) groups excluding carboxylic acids is 1. The zero-order valence-corrected chi connectivity index (χ0v) is 21.6. The number of nitro benzene ring substituents is 1. The minimum absolute atomic E-state index is 0.0185. The Morgan fingerprint density at radius 3 is 2.09 bits per heavy atom. The fourth-order valence-electron chi connectivity index (χ4n) is 3.23. The van der Waals surface area contributed by atoms with Crippen LogP contribution < -0.4 is 5.32 Å². The molecule has 1 atom stereocenters. The first-order chi connectivity index (χ1) is 16.4. The maximum atomic E-state index is 13.1. The monoisotopic (exact) mass is 555 g/mol. The number of nitrogens with zero attached hydrogens (tertiary/aromatic N) is 2. The number of nitro groups is 1. The Morgan fingerprint density at radius 2 is 1.57 bits per heavy atom. The number of aryl methyl sites for hydroxylation is 1. The highest BCUT2D eigenvalue weighted by Gasteiger charge is 2.28. The van der Waals surface area contributed by atoms with Gasteiger partial charge >= 0.3 is 0 Å². The number of non-ortho nitro benzene ring substituents is 1. The summed E-state index contributed by atoms with van der Waals surface area (Å²) < 4.78 is 26.6. The first-order valence-electron chi connectivity index (χ1n) is 10.1. The zero-order chi connectivity index (χ0) is 25.9. The van der Waals surface area contributed by atoms with Crippen LogP contribution >= 0.6 is 34.8 Å². The molecule has 3 aromatic rings. The summed E-state index contributed by atoms with van der Waals surface area (Å²) in [5.41, 5.74) is 1.67. The molecule has 0 saturated carbocycles. The molecule has 0 aliphatic heterocycles. The SMILES string of the molecule is Cc1ccc(S(=O)(=O)N(C)C(=O)C[C@H](Nc2cc(Cl)c(Cl)c(Cl)c2)c2ccc([N+](=O)[O-])cc2)cc1. The molecule has 0 heterocycles. The topological polar surface area (TPSA) is 110 Å². The molecule has 0 radical (unpaired) electrons. The van der Waals surface area contributed by atoms with Crippen molar-refractivity contribution < 1.29 is 18.1 Å². The molecule has 0 aliphatic rings. The van der Waals surface area contributed by atoms with Crippen molar-refractivity contribution >= 4 is 62.1 Å². The third-order valence-electron chi connectivity index (χ3n) is 5.24. The molecular weight excluding hydrogens is 537 g/mol. The lowest BCUT2D eigenvalue weighted by Gasteiger charge is -2.24. The van der Waals surface area contributed by atoms with E-state index in [2.05, 4.69) is 5.32 Å². The van der Waals surface area contributed by atoms with Crippen LogP contribution in [0.5, 0.6) is 0 Å². The van der Waals surface area contributed by atoms with Gasteiger partial charge in [-0.05, 0) is 36.8 Å². The Bertz CT molecular complexity index is 1340. The van der Waals surface area contributed by atoms with Crippen LogP contribution in [0.1, 0.15) is 23.6 Å². The van der Waals surface area contributed by atoms with Crippen LogP contribution in [0.15, 0.2) is 65.6 Å². The van der Waals surface area contributed by atoms with Crippen LogP contribution in [0.4, 0.5) is 11.4 Å². The molecular formula is C23H20Cl3N3O5S. The average molecular weight is 557 g/mol. The predicted octanol–water partition coefficient (Wildman–Crippen LogP) is 6.25. The summed E-state index contributed by atoms with van der Waals surface area (Å²) in [6.07, 6.45) is -0.294. The summed E-state index contributed by atoms with van der Waals surface area (Å²) in [6, 6.07) is 13.9. The summed E-state index contributed by atoms with van der Waals surface area (Å²) in [4.78, 5) is 23.6. The van der Waals surface area contributed by atoms with E-state index in [0.29, 0.717) is 15.6 Å². The summed E-state index contributed by atoms with van der Waals surface area (Å²) in [6.45, 7) is 1.82. The van der Waals surface area contributed by atoms with Gasteiger partial charge in [-0.2, -0.15) is 0 Å². The number of hydrogen-bond acceptors (Lipinski definition) is 6. The number of hydrogen-bond donors (Lipinski definition) is 1. The lowest BCUT2D eigenvalue weighted by molar-refractivity contribution is -0.384. The highest BCUT2D eigenvalue weighted by molar-refractivity contribution is 7.89. The molecule has 0 unspecified atom stereocenters. The highest BCUT2D eigenvalue weighted by Crippen LogP contribution is 2.35. The standard InChI is InChI=1S/C23H20Cl3N3O5S/c1-14-3-9-18(10-4-14)35(33,34)28(2)22(30)13-21(15-5-7-17(8-6-15)29(31)32)27-16-11-19(24)23(26)20(25)12-16/h3-12,21,27H,13H2,1-2H3/t21-/m0/s1. The van der Waals surface area contributed by atoms with Gasteiger partial charge in [0.15, 0.2) is 0 Å². The molecule has 3 aromatic carbocycles. The van der Waals surface area contributed by atoms with Crippen molar-refractivity contribution in [1.29, 1.82) is 0 Å². The Morgan fingerprint density at radius 1 is 1.03 bits per heavy atom. The molecule has 0 aliphatic carbocycles. The van der Waals surface area contributed by atoms with Gasteiger partial charge < -0.3 is 5.32 Å². The summed E-state index contributed by atoms with van der Waals surface area (Å²) >= 11 is 18.2. The van der Waals surface area contributed by atoms with Gasteiger partial charge in [0, 0.05) is 24.9 Å². The maximum absolute atomic E-state index is 13.1. The van der Waals surface area contributed by atoms with E-state index in [1.165, 1.54) is 55.6 Å². The van der Waals surface area contributed by atoms with Gasteiger partial charge in [-0.3, -0.25) is 14.9 Å². The van der Waals surface area contributed by atoms with Gasteiger partial charge in [0.05, 0.1) is 37.3 Å². The third-order valence-corrected chi connectivity index (χ3v) is 8.23. The van der Waals surface area contributed by atoms with E-state index in [4.69, 9.17) is 34.8 Å². The molecule has 1 N–H and O–H groups in total. The molecule has 35 heavy (non-hydrogen) atoms. The number of sulfonamides is 1. The fourth-order valence-corrected chi connectivity index (χ4v) is 4.96. The lowest BCUT2D eigenvalue weighted by Crippen LogP contribution is -2.35. The highest BCUT2D eigenvalue weighted by atomic mass is 35.5. The summed E-state index contributed by atoms with van der Waals surface area (Å²) in [5, 5.41) is 14.6. The van der Waals surface area contributed by atoms with Crippen molar-refractivity contribution in [3.05, 3.63) is 97.0 Å². The van der Waals surface area contributed by atoms with Crippen LogP contribution in [0.25, 0.3) is 0 Å². The Kier molecular flexibility index (Phi) is 8.27. The van der Waals surface area contributed by atoms with Gasteiger partial charge in [-0.1, -0.05) is 64.6 Å². The van der Waals surface area contributed by atoms with Crippen molar-refractivity contribution in [2.45, 2.75) is 24.3 Å². The van der Waals surface area contributed by atoms with Crippen molar-refractivity contribution in [3.8, 4) is 0 Å². The van der Waals surface area contributed by atoms with Crippen LogP contribution in [0.3, 0.4) is 0 Å². The van der Waals surface area contributed by atoms with E-state index >= 15 is 0 Å². The molecule has 12 heteroatoms. The second kappa shape index (κ2) is 10.8. The van der Waals surface area contributed by atoms with Crippen molar-refractivity contribution in [1.82, 2.24) is 4.31 Å². The molecule has 0 bridgehead atoms. The van der Waals surface area contributed by atoms with Gasteiger partial charge in [0.1, 0.15) is 0 Å². The summed E-state index contributed by atoms with van der Waals surface area (Å²) in [7, 11) is -2.90. The Labute approximate surface area is 217 Å². The van der Waals surface area contributed by atoms with Gasteiger partial charge in [-0.15, -0.1) is 0 Å². The number of rotatable bonds is 8. The van der Waals surface area contributed by atoms with Gasteiger partial charge in [0.2, 0.25) is 5.91 Å². The van der Waals surface area contributed by atoms with E-state index in [0.717, 1.165) is 5.56 Å². The molecule has 0 aromatic heterocycles. The molecule has 0 spiro atoms. The molecule has 3 rings (SSSR count). The first-order valence-corrected chi connectivity index (χ1v) is 12.7. The maximum Gasteiger partial charge on any atom is 0.269 e. The number of amides is 1. The minimum Gasteiger partial charge on any atom is -0.378 e. The van der Waals surface area contributed by atoms with Crippen molar-refractivity contribution in [3.63, 3.8) is 0 Å². The summed E-state index contributed by atoms with van der Waals surface area (Å²) in [5.74, 6) is -0.701. The number of benzene rings is 3. The Balaban J connectivity index is 1.93. The van der Waals surface area contributed by atoms with Gasteiger partial charge in [-0.25, -0.2) is 12.7 Å². The number of nitrogens with one attached hydrogen (secondary N) is 1. The molecule has 0 saturated heterocycles. The van der Waals surface area contributed by atoms with E-state index < -0.39 is 26.9 Å². The molecule has 1 amide bonds. The molecule has 8 nitrogen and oxygen atoms in total. The van der Waals surface area contributed by atoms with Crippen LogP contribution in [-0.4, -0.2) is 30.6 Å². The zero-order valence-electron chi connectivity index (χ0n) is 18.5. The average Bonchev–Trinajstić information content (AvgIpc) is 2.81. The van der Waals surface area contributed by atoms with Crippen LogP contribution in [0, 0.1) is 17.0 Å². The number of carbonyl (C=O) groups is 1. The van der Waals surface area contributed by atoms with Gasteiger partial charge in [0.25, 0.3) is 15.7 Å². The predicted molar refractivity (Wildman–Crippen MR) is 137 cm³/mol. The van der Waals surface area contributed by atoms with E-state index in [-0.39, 0.29) is 32.1 Å². The largest absolute Gasteiger partial charge is 0.378 e. The minimum atomic E-state index is -4.09. The van der Waals surface area contributed by atoms with Crippen LogP contribution in [0.2, 0.25) is 15.1 Å². The second-order valence-corrected chi connectivity index (χ2v) is 10.8. The number of halogens is 3. The fraction of sp³-hybridized carbons (Fsp3) is 0.174.